The third-order valence-electron chi connectivity index (χ3n) is 5.26. The van der Waals surface area contributed by atoms with Gasteiger partial charge in [0.15, 0.2) is 5.43 Å². The van der Waals surface area contributed by atoms with Gasteiger partial charge in [0.1, 0.15) is 5.58 Å². The standard InChI is InChI=1S/C22H24N2O3S/c1-4-14-8-9-16-15(13-14)20(25)18-19(17-7-5-12-28-17)24(11-6-10-23(2)3)22(26)21(18)27-16/h5,7-9,12-13,19H,4,6,10-11H2,1-3H3. The summed E-state index contributed by atoms with van der Waals surface area (Å²) in [5.74, 6) is 0.00993. The van der Waals surface area contributed by atoms with Crippen LogP contribution in [0.2, 0.25) is 0 Å². The number of benzene rings is 1. The molecule has 1 aliphatic heterocycles. The first-order valence-corrected chi connectivity index (χ1v) is 10.5. The van der Waals surface area contributed by atoms with Crippen LogP contribution in [0.15, 0.2) is 44.9 Å². The Morgan fingerprint density at radius 1 is 1.21 bits per heavy atom. The molecule has 1 amide bonds. The zero-order valence-corrected chi connectivity index (χ0v) is 17.2. The minimum Gasteiger partial charge on any atom is -0.450 e. The van der Waals surface area contributed by atoms with Crippen LogP contribution < -0.4 is 5.43 Å². The number of rotatable bonds is 6. The SMILES string of the molecule is CCc1ccc2oc3c(c(=O)c2c1)C(c1cccs1)N(CCCN(C)C)C3=O. The third kappa shape index (κ3) is 3.16. The molecule has 5 nitrogen and oxygen atoms in total. The lowest BCUT2D eigenvalue weighted by atomic mass is 10.0. The van der Waals surface area contributed by atoms with Crippen LogP contribution in [0.4, 0.5) is 0 Å². The van der Waals surface area contributed by atoms with Gasteiger partial charge in [-0.1, -0.05) is 19.1 Å². The van der Waals surface area contributed by atoms with Crippen molar-refractivity contribution in [2.45, 2.75) is 25.8 Å². The van der Waals surface area contributed by atoms with Crippen LogP contribution in [0.5, 0.6) is 0 Å². The highest BCUT2D eigenvalue weighted by atomic mass is 32.1. The number of amides is 1. The van der Waals surface area contributed by atoms with Gasteiger partial charge in [-0.25, -0.2) is 0 Å². The van der Waals surface area contributed by atoms with Gasteiger partial charge < -0.3 is 14.2 Å². The molecular formula is C22H24N2O3S. The monoisotopic (exact) mass is 396 g/mol. The first kappa shape index (κ1) is 18.9. The summed E-state index contributed by atoms with van der Waals surface area (Å²) >= 11 is 1.57. The Hall–Kier alpha value is -2.44. The van der Waals surface area contributed by atoms with Gasteiger partial charge in [-0.15, -0.1) is 11.3 Å². The van der Waals surface area contributed by atoms with Crippen LogP contribution in [0.1, 0.15) is 45.9 Å². The van der Waals surface area contributed by atoms with Crippen molar-refractivity contribution in [2.24, 2.45) is 0 Å². The van der Waals surface area contributed by atoms with Gasteiger partial charge in [0.2, 0.25) is 5.76 Å². The number of fused-ring (bicyclic) bond motifs is 2. The molecule has 3 aromatic rings. The Balaban J connectivity index is 1.86. The average Bonchev–Trinajstić information content (AvgIpc) is 3.29. The summed E-state index contributed by atoms with van der Waals surface area (Å²) in [7, 11) is 4.03. The van der Waals surface area contributed by atoms with Crippen LogP contribution in [-0.4, -0.2) is 42.9 Å². The quantitative estimate of drug-likeness (QED) is 0.634. The molecule has 6 heteroatoms. The van der Waals surface area contributed by atoms with Gasteiger partial charge >= 0.3 is 0 Å². The van der Waals surface area contributed by atoms with Crippen molar-refractivity contribution in [1.29, 1.82) is 0 Å². The average molecular weight is 397 g/mol. The normalized spacial score (nSPS) is 16.4. The molecule has 1 atom stereocenters. The molecule has 0 saturated heterocycles. The molecule has 4 rings (SSSR count). The summed E-state index contributed by atoms with van der Waals surface area (Å²) < 4.78 is 5.99. The number of hydrogen-bond donors (Lipinski definition) is 0. The van der Waals surface area contributed by atoms with E-state index in [1.165, 1.54) is 0 Å². The van der Waals surface area contributed by atoms with E-state index in [4.69, 9.17) is 4.42 Å². The number of aryl methyl sites for hydroxylation is 1. The molecule has 0 saturated carbocycles. The van der Waals surface area contributed by atoms with Gasteiger partial charge in [0.25, 0.3) is 5.91 Å². The van der Waals surface area contributed by atoms with Crippen LogP contribution in [-0.2, 0) is 6.42 Å². The predicted molar refractivity (Wildman–Crippen MR) is 112 cm³/mol. The minimum absolute atomic E-state index is 0.0894. The molecule has 0 fully saturated rings. The van der Waals surface area contributed by atoms with Crippen molar-refractivity contribution < 1.29 is 9.21 Å². The highest BCUT2D eigenvalue weighted by Crippen LogP contribution is 2.39. The Kier molecular flexibility index (Phi) is 5.08. The van der Waals surface area contributed by atoms with E-state index in [0.717, 1.165) is 29.8 Å². The molecule has 0 radical (unpaired) electrons. The number of carbonyl (C=O) groups is 1. The number of nitrogens with zero attached hydrogens (tertiary/aromatic N) is 2. The summed E-state index contributed by atoms with van der Waals surface area (Å²) in [6, 6.07) is 9.23. The van der Waals surface area contributed by atoms with E-state index >= 15 is 0 Å². The maximum absolute atomic E-state index is 13.4. The second kappa shape index (κ2) is 7.53. The largest absolute Gasteiger partial charge is 0.450 e. The molecule has 28 heavy (non-hydrogen) atoms. The molecule has 0 bridgehead atoms. The fraction of sp³-hybridized carbons (Fsp3) is 0.364. The Morgan fingerprint density at radius 3 is 2.71 bits per heavy atom. The number of thiophene rings is 1. The smallest absolute Gasteiger partial charge is 0.290 e. The van der Waals surface area contributed by atoms with Crippen LogP contribution in [0.3, 0.4) is 0 Å². The molecule has 1 aromatic carbocycles. The molecule has 0 N–H and O–H groups in total. The van der Waals surface area contributed by atoms with Crippen molar-refractivity contribution in [3.63, 3.8) is 0 Å². The molecule has 2 aromatic heterocycles. The maximum atomic E-state index is 13.4. The highest BCUT2D eigenvalue weighted by molar-refractivity contribution is 7.10. The Labute approximate surface area is 168 Å². The van der Waals surface area contributed by atoms with Crippen LogP contribution in [0, 0.1) is 0 Å². The van der Waals surface area contributed by atoms with Gasteiger partial charge in [-0.2, -0.15) is 0 Å². The molecular weight excluding hydrogens is 372 g/mol. The molecule has 1 unspecified atom stereocenters. The molecule has 3 heterocycles. The van der Waals surface area contributed by atoms with E-state index in [-0.39, 0.29) is 23.1 Å². The first-order chi connectivity index (χ1) is 13.5. The summed E-state index contributed by atoms with van der Waals surface area (Å²) in [5, 5.41) is 2.54. The Morgan fingerprint density at radius 2 is 2.04 bits per heavy atom. The second-order valence-electron chi connectivity index (χ2n) is 7.43. The van der Waals surface area contributed by atoms with E-state index in [2.05, 4.69) is 11.8 Å². The first-order valence-electron chi connectivity index (χ1n) is 9.60. The van der Waals surface area contributed by atoms with Crippen LogP contribution in [0.25, 0.3) is 11.0 Å². The molecule has 0 spiro atoms. The predicted octanol–water partition coefficient (Wildman–Crippen LogP) is 3.91. The van der Waals surface area contributed by atoms with E-state index in [1.807, 2.05) is 43.7 Å². The van der Waals surface area contributed by atoms with Crippen molar-refractivity contribution in [3.8, 4) is 0 Å². The molecule has 0 aliphatic carbocycles. The van der Waals surface area contributed by atoms with E-state index in [1.54, 1.807) is 22.3 Å². The summed E-state index contributed by atoms with van der Waals surface area (Å²) in [6.07, 6.45) is 1.68. The molecule has 146 valence electrons. The van der Waals surface area contributed by atoms with Crippen molar-refractivity contribution in [1.82, 2.24) is 9.80 Å². The van der Waals surface area contributed by atoms with Gasteiger partial charge in [0.05, 0.1) is 17.0 Å². The lowest BCUT2D eigenvalue weighted by Crippen LogP contribution is -2.31. The topological polar surface area (TPSA) is 53.8 Å². The Bertz CT molecular complexity index is 1070. The minimum atomic E-state index is -0.365. The van der Waals surface area contributed by atoms with E-state index < -0.39 is 0 Å². The lowest BCUT2D eigenvalue weighted by Gasteiger charge is -2.24. The van der Waals surface area contributed by atoms with Crippen LogP contribution >= 0.6 is 11.3 Å². The van der Waals surface area contributed by atoms with E-state index in [9.17, 15) is 9.59 Å². The summed E-state index contributed by atoms with van der Waals surface area (Å²) in [6.45, 7) is 3.51. The zero-order chi connectivity index (χ0) is 19.8. The number of hydrogen-bond acceptors (Lipinski definition) is 5. The van der Waals surface area contributed by atoms with E-state index in [0.29, 0.717) is 23.1 Å². The highest BCUT2D eigenvalue weighted by Gasteiger charge is 2.42. The second-order valence-corrected chi connectivity index (χ2v) is 8.41. The summed E-state index contributed by atoms with van der Waals surface area (Å²) in [4.78, 5) is 31.5. The van der Waals surface area contributed by atoms with Crippen molar-refractivity contribution >= 4 is 28.2 Å². The van der Waals surface area contributed by atoms with Gasteiger partial charge in [-0.3, -0.25) is 9.59 Å². The van der Waals surface area contributed by atoms with Crippen molar-refractivity contribution in [2.75, 3.05) is 27.2 Å². The fourth-order valence-corrected chi connectivity index (χ4v) is 4.66. The van der Waals surface area contributed by atoms with Gasteiger partial charge in [-0.05, 0) is 62.6 Å². The van der Waals surface area contributed by atoms with Crippen molar-refractivity contribution in [3.05, 3.63) is 67.7 Å². The lowest BCUT2D eigenvalue weighted by molar-refractivity contribution is 0.0724. The maximum Gasteiger partial charge on any atom is 0.290 e. The third-order valence-corrected chi connectivity index (χ3v) is 6.18. The zero-order valence-electron chi connectivity index (χ0n) is 16.4. The number of carbonyl (C=O) groups excluding carboxylic acids is 1. The van der Waals surface area contributed by atoms with Gasteiger partial charge in [0, 0.05) is 11.4 Å². The fourth-order valence-electron chi connectivity index (χ4n) is 3.82. The molecule has 1 aliphatic rings. The summed E-state index contributed by atoms with van der Waals surface area (Å²) in [5.41, 5.74) is 1.96.